The molecule has 0 aliphatic carbocycles. The summed E-state index contributed by atoms with van der Waals surface area (Å²) in [4.78, 5) is 34.5. The third-order valence-corrected chi connectivity index (χ3v) is 5.91. The summed E-state index contributed by atoms with van der Waals surface area (Å²) in [6.07, 6.45) is 13.3. The van der Waals surface area contributed by atoms with Crippen LogP contribution >= 0.6 is 0 Å². The predicted octanol–water partition coefficient (Wildman–Crippen LogP) is 4.66. The van der Waals surface area contributed by atoms with Gasteiger partial charge in [-0.15, -0.1) is 0 Å². The highest BCUT2D eigenvalue weighted by Gasteiger charge is 2.37. The van der Waals surface area contributed by atoms with Gasteiger partial charge in [-0.05, 0) is 33.6 Å². The maximum atomic E-state index is 11.5. The number of carboxylic acid groups (broad SMARTS) is 3. The number of nitrogens with zero attached hydrogens (tertiary/aromatic N) is 1. The van der Waals surface area contributed by atoms with Gasteiger partial charge in [-0.1, -0.05) is 51.2 Å². The first kappa shape index (κ1) is 29.1. The highest BCUT2D eigenvalue weighted by Crippen LogP contribution is 2.21. The molecule has 7 nitrogen and oxygen atoms in total. The second kappa shape index (κ2) is 15.8. The molecule has 0 spiro atoms. The van der Waals surface area contributed by atoms with E-state index in [9.17, 15) is 29.7 Å². The lowest BCUT2D eigenvalue weighted by atomic mass is 10.0. The van der Waals surface area contributed by atoms with Crippen LogP contribution in [0.2, 0.25) is 0 Å². The Balaban J connectivity index is 5.14. The van der Waals surface area contributed by atoms with Crippen LogP contribution in [0.5, 0.6) is 0 Å². The molecule has 0 bridgehead atoms. The zero-order valence-electron chi connectivity index (χ0n) is 19.9. The van der Waals surface area contributed by atoms with Gasteiger partial charge in [0.25, 0.3) is 0 Å². The number of aliphatic carboxylic acids is 3. The van der Waals surface area contributed by atoms with Crippen LogP contribution in [0.15, 0.2) is 12.2 Å². The molecule has 0 saturated heterocycles. The van der Waals surface area contributed by atoms with Gasteiger partial charge in [-0.25, -0.2) is 0 Å². The van der Waals surface area contributed by atoms with E-state index in [-0.39, 0.29) is 24.1 Å². The first-order chi connectivity index (χ1) is 14.5. The molecule has 3 N–H and O–H groups in total. The first-order valence-electron chi connectivity index (χ1n) is 11.7. The van der Waals surface area contributed by atoms with Gasteiger partial charge in [0.2, 0.25) is 0 Å². The van der Waals surface area contributed by atoms with Crippen LogP contribution < -0.4 is 0 Å². The Kier molecular flexibility index (Phi) is 14.9. The highest BCUT2D eigenvalue weighted by atomic mass is 16.4. The Morgan fingerprint density at radius 3 is 1.48 bits per heavy atom. The molecule has 0 saturated carbocycles. The van der Waals surface area contributed by atoms with Crippen molar-refractivity contribution < 1.29 is 34.2 Å². The lowest BCUT2D eigenvalue weighted by molar-refractivity contribution is -0.933. The largest absolute Gasteiger partial charge is 0.481 e. The zero-order valence-corrected chi connectivity index (χ0v) is 19.9. The van der Waals surface area contributed by atoms with Gasteiger partial charge in [-0.2, -0.15) is 0 Å². The van der Waals surface area contributed by atoms with Crippen molar-refractivity contribution in [3.05, 3.63) is 12.2 Å². The van der Waals surface area contributed by atoms with E-state index < -0.39 is 35.7 Å². The fourth-order valence-corrected chi connectivity index (χ4v) is 4.10. The number of quaternary nitrogens is 1. The summed E-state index contributed by atoms with van der Waals surface area (Å²) in [6, 6.07) is 0. The minimum atomic E-state index is -0.952. The Bertz CT molecular complexity index is 519. The number of rotatable bonds is 19. The second-order valence-corrected chi connectivity index (χ2v) is 9.15. The van der Waals surface area contributed by atoms with Crippen LogP contribution in [0.4, 0.5) is 0 Å². The summed E-state index contributed by atoms with van der Waals surface area (Å²) in [6.45, 7) is 8.18. The summed E-state index contributed by atoms with van der Waals surface area (Å²) in [5.74, 6) is -4.91. The molecular formula is C24H44NO6+. The second-order valence-electron chi connectivity index (χ2n) is 9.15. The van der Waals surface area contributed by atoms with Crippen molar-refractivity contribution in [1.82, 2.24) is 0 Å². The molecule has 0 fully saturated rings. The molecular weight excluding hydrogens is 398 g/mol. The number of hydrogen-bond acceptors (Lipinski definition) is 3. The fourth-order valence-electron chi connectivity index (χ4n) is 4.10. The van der Waals surface area contributed by atoms with Crippen molar-refractivity contribution in [2.75, 3.05) is 26.2 Å². The van der Waals surface area contributed by atoms with Crippen LogP contribution in [-0.2, 0) is 14.4 Å². The van der Waals surface area contributed by atoms with Crippen molar-refractivity contribution in [3.63, 3.8) is 0 Å². The topological polar surface area (TPSA) is 112 Å². The minimum absolute atomic E-state index is 0.176. The standard InChI is InChI=1S/C24H43NO6/c1-5-6-7-8-9-10-11-12-13-14-15-25(16-19(2)22(26)27,17-20(3)23(28)29)18-21(4)24(30)31/h12-13,19-21H,5-11,14-18H2,1-4H3,(H2-,26,27,28,29,30,31)/p+1/b13-12+. The lowest BCUT2D eigenvalue weighted by Crippen LogP contribution is -2.57. The molecule has 0 radical (unpaired) electrons. The van der Waals surface area contributed by atoms with Crippen molar-refractivity contribution in [3.8, 4) is 0 Å². The maximum absolute atomic E-state index is 11.5. The number of carboxylic acids is 3. The van der Waals surface area contributed by atoms with Crippen LogP contribution in [-0.4, -0.2) is 63.9 Å². The molecule has 3 atom stereocenters. The molecule has 0 aliphatic rings. The van der Waals surface area contributed by atoms with Gasteiger partial charge in [0.1, 0.15) is 17.8 Å². The molecule has 0 aliphatic heterocycles. The fraction of sp³-hybridized carbons (Fsp3) is 0.792. The Morgan fingerprint density at radius 1 is 0.677 bits per heavy atom. The van der Waals surface area contributed by atoms with E-state index in [0.717, 1.165) is 12.8 Å². The van der Waals surface area contributed by atoms with Crippen LogP contribution in [0.1, 0.15) is 79.1 Å². The van der Waals surface area contributed by atoms with Crippen molar-refractivity contribution in [2.45, 2.75) is 79.1 Å². The zero-order chi connectivity index (χ0) is 23.9. The van der Waals surface area contributed by atoms with E-state index in [0.29, 0.717) is 13.0 Å². The molecule has 31 heavy (non-hydrogen) atoms. The van der Waals surface area contributed by atoms with Crippen LogP contribution in [0.3, 0.4) is 0 Å². The highest BCUT2D eigenvalue weighted by molar-refractivity contribution is 5.70. The van der Waals surface area contributed by atoms with Crippen LogP contribution in [0, 0.1) is 17.8 Å². The van der Waals surface area contributed by atoms with E-state index in [1.807, 2.05) is 0 Å². The van der Waals surface area contributed by atoms with Gasteiger partial charge in [0, 0.05) is 6.42 Å². The van der Waals surface area contributed by atoms with Gasteiger partial charge in [0.15, 0.2) is 0 Å². The Morgan fingerprint density at radius 2 is 1.06 bits per heavy atom. The molecule has 3 unspecified atom stereocenters. The monoisotopic (exact) mass is 442 g/mol. The summed E-state index contributed by atoms with van der Waals surface area (Å²) in [7, 11) is 0. The third kappa shape index (κ3) is 13.2. The van der Waals surface area contributed by atoms with E-state index in [1.54, 1.807) is 20.8 Å². The summed E-state index contributed by atoms with van der Waals surface area (Å²) in [5.41, 5.74) is 0. The van der Waals surface area contributed by atoms with Gasteiger partial charge in [0.05, 0.1) is 26.2 Å². The van der Waals surface area contributed by atoms with Crippen LogP contribution in [0.25, 0.3) is 0 Å². The number of allylic oxidation sites excluding steroid dienone is 1. The van der Waals surface area contributed by atoms with Crippen molar-refractivity contribution in [1.29, 1.82) is 0 Å². The normalized spacial score (nSPS) is 16.5. The smallest absolute Gasteiger partial charge is 0.311 e. The van der Waals surface area contributed by atoms with E-state index in [1.165, 1.54) is 32.1 Å². The molecule has 0 aromatic carbocycles. The van der Waals surface area contributed by atoms with E-state index >= 15 is 0 Å². The van der Waals surface area contributed by atoms with Gasteiger partial charge in [-0.3, -0.25) is 14.4 Å². The molecule has 0 rings (SSSR count). The van der Waals surface area contributed by atoms with Gasteiger partial charge < -0.3 is 19.8 Å². The number of unbranched alkanes of at least 4 members (excludes halogenated alkanes) is 6. The molecule has 7 heteroatoms. The third-order valence-electron chi connectivity index (χ3n) is 5.91. The average molecular weight is 443 g/mol. The van der Waals surface area contributed by atoms with E-state index in [4.69, 9.17) is 0 Å². The lowest BCUT2D eigenvalue weighted by Gasteiger charge is -2.42. The maximum Gasteiger partial charge on any atom is 0.311 e. The van der Waals surface area contributed by atoms with E-state index in [2.05, 4.69) is 19.1 Å². The molecule has 0 amide bonds. The molecule has 180 valence electrons. The Hall–Kier alpha value is -1.89. The molecule has 0 aromatic heterocycles. The number of hydrogen-bond donors (Lipinski definition) is 3. The molecule has 0 heterocycles. The minimum Gasteiger partial charge on any atom is -0.481 e. The summed E-state index contributed by atoms with van der Waals surface area (Å²) < 4.78 is 0.176. The Labute approximate surface area is 187 Å². The first-order valence-corrected chi connectivity index (χ1v) is 11.7. The summed E-state index contributed by atoms with van der Waals surface area (Å²) >= 11 is 0. The van der Waals surface area contributed by atoms with Gasteiger partial charge >= 0.3 is 17.9 Å². The predicted molar refractivity (Wildman–Crippen MR) is 122 cm³/mol. The van der Waals surface area contributed by atoms with Crippen molar-refractivity contribution >= 4 is 17.9 Å². The number of carbonyl (C=O) groups is 3. The SMILES string of the molecule is CCCCCCCC/C=C/CC[N+](CC(C)C(=O)O)(CC(C)C(=O)O)CC(C)C(=O)O. The average Bonchev–Trinajstić information content (AvgIpc) is 2.68. The molecule has 0 aromatic rings. The summed E-state index contributed by atoms with van der Waals surface area (Å²) in [5, 5.41) is 28.3. The quantitative estimate of drug-likeness (QED) is 0.152. The van der Waals surface area contributed by atoms with Crippen molar-refractivity contribution in [2.24, 2.45) is 17.8 Å².